The minimum absolute atomic E-state index is 0.151. The lowest BCUT2D eigenvalue weighted by Crippen LogP contribution is -2.30. The lowest BCUT2D eigenvalue weighted by atomic mass is 10.1. The molecule has 1 aliphatic heterocycles. The van der Waals surface area contributed by atoms with Crippen LogP contribution in [0.4, 0.5) is 0 Å². The molecule has 0 atom stereocenters. The van der Waals surface area contributed by atoms with E-state index in [2.05, 4.69) is 0 Å². The van der Waals surface area contributed by atoms with Gasteiger partial charge in [-0.15, -0.1) is 0 Å². The van der Waals surface area contributed by atoms with Gasteiger partial charge in [0.05, 0.1) is 16.7 Å². The van der Waals surface area contributed by atoms with Crippen molar-refractivity contribution in [3.8, 4) is 5.75 Å². The van der Waals surface area contributed by atoms with Crippen LogP contribution < -0.4 is 10.4 Å². The summed E-state index contributed by atoms with van der Waals surface area (Å²) in [5.74, 6) is -1.22. The SMILES string of the molecule is CCCCN1C(=O)c2ccc(C(=O)Oc3ccc4c(C)cc(=O)oc4c3)cc2C1=O. The third kappa shape index (κ3) is 3.39. The first-order valence-electron chi connectivity index (χ1n) is 9.66. The van der Waals surface area contributed by atoms with E-state index in [1.807, 2.05) is 6.92 Å². The first kappa shape index (κ1) is 19.6. The quantitative estimate of drug-likeness (QED) is 0.278. The maximum atomic E-state index is 12.6. The Labute approximate surface area is 171 Å². The Morgan fingerprint density at radius 2 is 1.77 bits per heavy atom. The number of esters is 1. The van der Waals surface area contributed by atoms with Crippen LogP contribution in [0.2, 0.25) is 0 Å². The average molecular weight is 405 g/mol. The van der Waals surface area contributed by atoms with Gasteiger partial charge in [-0.1, -0.05) is 13.3 Å². The van der Waals surface area contributed by atoms with Crippen molar-refractivity contribution in [3.05, 3.63) is 75.1 Å². The summed E-state index contributed by atoms with van der Waals surface area (Å²) < 4.78 is 10.6. The minimum atomic E-state index is -0.681. The summed E-state index contributed by atoms with van der Waals surface area (Å²) >= 11 is 0. The van der Waals surface area contributed by atoms with Crippen LogP contribution in [0.25, 0.3) is 11.0 Å². The molecule has 0 saturated carbocycles. The average Bonchev–Trinajstić information content (AvgIpc) is 2.95. The third-order valence-corrected chi connectivity index (χ3v) is 5.08. The first-order valence-corrected chi connectivity index (χ1v) is 9.66. The van der Waals surface area contributed by atoms with Gasteiger partial charge < -0.3 is 9.15 Å². The molecule has 0 unspecified atom stereocenters. The summed E-state index contributed by atoms with van der Waals surface area (Å²) in [6.07, 6.45) is 1.58. The van der Waals surface area contributed by atoms with Crippen molar-refractivity contribution < 1.29 is 23.5 Å². The molecule has 0 aliphatic carbocycles. The number of carbonyl (C=O) groups excluding carboxylic acids is 3. The van der Waals surface area contributed by atoms with E-state index in [1.165, 1.54) is 35.2 Å². The monoisotopic (exact) mass is 405 g/mol. The van der Waals surface area contributed by atoms with Crippen LogP contribution in [0.3, 0.4) is 0 Å². The predicted molar refractivity (Wildman–Crippen MR) is 109 cm³/mol. The summed E-state index contributed by atoms with van der Waals surface area (Å²) in [6, 6.07) is 10.5. The molecule has 0 spiro atoms. The summed E-state index contributed by atoms with van der Waals surface area (Å²) in [6.45, 7) is 4.12. The smallest absolute Gasteiger partial charge is 0.343 e. The molecule has 0 radical (unpaired) electrons. The highest BCUT2D eigenvalue weighted by Crippen LogP contribution is 2.26. The van der Waals surface area contributed by atoms with Crippen molar-refractivity contribution in [2.75, 3.05) is 6.54 Å². The van der Waals surface area contributed by atoms with Crippen LogP contribution in [0.5, 0.6) is 5.75 Å². The third-order valence-electron chi connectivity index (χ3n) is 5.08. The highest BCUT2D eigenvalue weighted by atomic mass is 16.5. The van der Waals surface area contributed by atoms with E-state index < -0.39 is 17.5 Å². The molecule has 152 valence electrons. The molecule has 2 heterocycles. The van der Waals surface area contributed by atoms with Gasteiger partial charge in [0.25, 0.3) is 11.8 Å². The summed E-state index contributed by atoms with van der Waals surface area (Å²) in [5.41, 5.74) is 1.22. The normalized spacial score (nSPS) is 13.1. The van der Waals surface area contributed by atoms with Crippen LogP contribution in [0.1, 0.15) is 56.4 Å². The number of fused-ring (bicyclic) bond motifs is 2. The fourth-order valence-electron chi connectivity index (χ4n) is 3.47. The van der Waals surface area contributed by atoms with Crippen molar-refractivity contribution in [2.45, 2.75) is 26.7 Å². The number of amides is 2. The number of nitrogens with zero attached hydrogens (tertiary/aromatic N) is 1. The van der Waals surface area contributed by atoms with Crippen molar-refractivity contribution in [3.63, 3.8) is 0 Å². The van der Waals surface area contributed by atoms with E-state index in [1.54, 1.807) is 19.1 Å². The van der Waals surface area contributed by atoms with Gasteiger partial charge in [0.15, 0.2) is 0 Å². The van der Waals surface area contributed by atoms with E-state index >= 15 is 0 Å². The molecule has 1 aliphatic rings. The molecule has 7 heteroatoms. The van der Waals surface area contributed by atoms with Crippen molar-refractivity contribution >= 4 is 28.8 Å². The molecule has 0 saturated heterocycles. The van der Waals surface area contributed by atoms with Gasteiger partial charge in [-0.3, -0.25) is 14.5 Å². The molecular formula is C23H19NO6. The maximum absolute atomic E-state index is 12.6. The molecule has 4 rings (SSSR count). The van der Waals surface area contributed by atoms with Crippen molar-refractivity contribution in [1.29, 1.82) is 0 Å². The van der Waals surface area contributed by atoms with Crippen molar-refractivity contribution in [2.24, 2.45) is 0 Å². The topological polar surface area (TPSA) is 93.9 Å². The zero-order chi connectivity index (χ0) is 21.4. The number of carbonyl (C=O) groups is 3. The predicted octanol–water partition coefficient (Wildman–Crippen LogP) is 3.72. The highest BCUT2D eigenvalue weighted by molar-refractivity contribution is 6.22. The summed E-state index contributed by atoms with van der Waals surface area (Å²) in [5, 5.41) is 0.739. The Morgan fingerprint density at radius 3 is 2.53 bits per heavy atom. The highest BCUT2D eigenvalue weighted by Gasteiger charge is 2.35. The Bertz CT molecular complexity index is 1260. The molecule has 2 aromatic carbocycles. The van der Waals surface area contributed by atoms with Crippen LogP contribution in [0.15, 0.2) is 51.7 Å². The van der Waals surface area contributed by atoms with Gasteiger partial charge in [0, 0.05) is 24.1 Å². The van der Waals surface area contributed by atoms with Gasteiger partial charge in [-0.05, 0) is 49.2 Å². The molecule has 30 heavy (non-hydrogen) atoms. The summed E-state index contributed by atoms with van der Waals surface area (Å²) in [7, 11) is 0. The van der Waals surface area contributed by atoms with Crippen molar-refractivity contribution in [1.82, 2.24) is 4.90 Å². The van der Waals surface area contributed by atoms with E-state index in [-0.39, 0.29) is 28.3 Å². The number of benzene rings is 2. The Hall–Kier alpha value is -3.74. The second kappa shape index (κ2) is 7.59. The fraction of sp³-hybridized carbons (Fsp3) is 0.217. The zero-order valence-corrected chi connectivity index (χ0v) is 16.6. The lowest BCUT2D eigenvalue weighted by Gasteiger charge is -2.12. The Kier molecular flexibility index (Phi) is 4.95. The second-order valence-corrected chi connectivity index (χ2v) is 7.17. The number of hydrogen-bond acceptors (Lipinski definition) is 6. The van der Waals surface area contributed by atoms with Gasteiger partial charge in [0.2, 0.25) is 0 Å². The van der Waals surface area contributed by atoms with E-state index in [9.17, 15) is 19.2 Å². The second-order valence-electron chi connectivity index (χ2n) is 7.17. The fourth-order valence-corrected chi connectivity index (χ4v) is 3.47. The molecule has 0 bridgehead atoms. The van der Waals surface area contributed by atoms with Crippen LogP contribution in [0, 0.1) is 6.92 Å². The number of hydrogen-bond donors (Lipinski definition) is 0. The number of rotatable bonds is 5. The number of imide groups is 1. The maximum Gasteiger partial charge on any atom is 0.343 e. The number of aryl methyl sites for hydroxylation is 1. The number of ether oxygens (including phenoxy) is 1. The zero-order valence-electron chi connectivity index (χ0n) is 16.6. The molecule has 7 nitrogen and oxygen atoms in total. The molecule has 2 amide bonds. The summed E-state index contributed by atoms with van der Waals surface area (Å²) in [4.78, 5) is 50.4. The van der Waals surface area contributed by atoms with E-state index in [0.717, 1.165) is 23.8 Å². The number of unbranched alkanes of at least 4 members (excludes halogenated alkanes) is 1. The van der Waals surface area contributed by atoms with Gasteiger partial charge in [-0.25, -0.2) is 9.59 Å². The Morgan fingerprint density at radius 1 is 1.00 bits per heavy atom. The van der Waals surface area contributed by atoms with Gasteiger partial charge >= 0.3 is 11.6 Å². The lowest BCUT2D eigenvalue weighted by molar-refractivity contribution is 0.0651. The van der Waals surface area contributed by atoms with Gasteiger partial charge in [-0.2, -0.15) is 0 Å². The molecule has 1 aromatic heterocycles. The molecule has 0 N–H and O–H groups in total. The largest absolute Gasteiger partial charge is 0.423 e. The molecule has 0 fully saturated rings. The standard InChI is InChI=1S/C23H19NO6/c1-3-4-9-24-21(26)17-7-5-14(11-18(17)22(24)27)23(28)29-15-6-8-16-13(2)10-20(25)30-19(16)12-15/h5-8,10-12H,3-4,9H2,1-2H3. The van der Waals surface area contributed by atoms with E-state index in [0.29, 0.717) is 12.1 Å². The Balaban J connectivity index is 1.59. The first-order chi connectivity index (χ1) is 14.4. The van der Waals surface area contributed by atoms with Crippen LogP contribution >= 0.6 is 0 Å². The molecular weight excluding hydrogens is 386 g/mol. The van der Waals surface area contributed by atoms with Crippen LogP contribution in [-0.2, 0) is 0 Å². The van der Waals surface area contributed by atoms with Crippen LogP contribution in [-0.4, -0.2) is 29.2 Å². The molecule has 3 aromatic rings. The van der Waals surface area contributed by atoms with Gasteiger partial charge in [0.1, 0.15) is 11.3 Å². The van der Waals surface area contributed by atoms with E-state index in [4.69, 9.17) is 9.15 Å². The minimum Gasteiger partial charge on any atom is -0.423 e.